The number of hydrogen-bond acceptors (Lipinski definition) is 3. The molecule has 1 fully saturated rings. The van der Waals surface area contributed by atoms with Crippen LogP contribution in [0.3, 0.4) is 0 Å². The molecule has 1 unspecified atom stereocenters. The van der Waals surface area contributed by atoms with Gasteiger partial charge in [0.25, 0.3) is 0 Å². The third kappa shape index (κ3) is 7.98. The van der Waals surface area contributed by atoms with E-state index in [4.69, 9.17) is 23.2 Å². The molecule has 2 atom stereocenters. The van der Waals surface area contributed by atoms with Crippen molar-refractivity contribution in [3.05, 3.63) is 76.3 Å². The third-order valence-corrected chi connectivity index (χ3v) is 5.81. The maximum absolute atomic E-state index is 13.1. The number of nitrogens with one attached hydrogen (secondary N) is 1. The molecule has 8 heteroatoms. The maximum atomic E-state index is 13.1. The van der Waals surface area contributed by atoms with Gasteiger partial charge in [-0.1, -0.05) is 66.0 Å². The van der Waals surface area contributed by atoms with E-state index in [0.29, 0.717) is 23.6 Å². The monoisotopic (exact) mass is 492 g/mol. The molecule has 2 aromatic carbocycles. The molecule has 1 aliphatic rings. The van der Waals surface area contributed by atoms with Crippen molar-refractivity contribution in [2.75, 3.05) is 11.9 Å². The summed E-state index contributed by atoms with van der Waals surface area (Å²) < 4.78 is 13.1. The van der Waals surface area contributed by atoms with Crippen LogP contribution in [0.25, 0.3) is 0 Å². The van der Waals surface area contributed by atoms with E-state index in [0.717, 1.165) is 10.6 Å². The molecule has 33 heavy (non-hydrogen) atoms. The van der Waals surface area contributed by atoms with Gasteiger partial charge in [0, 0.05) is 22.2 Å². The van der Waals surface area contributed by atoms with Crippen LogP contribution in [0.2, 0.25) is 10.0 Å². The number of carbonyl (C=O) groups is 3. The molecule has 176 valence electrons. The van der Waals surface area contributed by atoms with Gasteiger partial charge < -0.3 is 10.2 Å². The number of hydrogen-bond donors (Lipinski definition) is 1. The standard InChI is InChI=1S/C19H22ClFN2O3.C6H5Cl/c1-3-12(4-2)18-15(8-9-17(25)23(18)11-16(21)24)19(26)22-14-7-5-6-13(20)10-14;7-6-4-2-1-3-5-6/h3,5-7,10,15,18H,4,8-9,11H2,1-2H3,(H,22,26);1-5H/b12-3+;/t15?,18-;/m1./s1. The minimum absolute atomic E-state index is 0.0954. The predicted octanol–water partition coefficient (Wildman–Crippen LogP) is 6.08. The SMILES string of the molecule is C/C=C(\CC)[C@@H]1C(C(=O)Nc2cccc(Cl)c2)CCC(=O)N1CC(=O)F.Clc1ccccc1. The average molecular weight is 493 g/mol. The molecule has 3 rings (SSSR count). The summed E-state index contributed by atoms with van der Waals surface area (Å²) in [6, 6.07) is 14.0. The van der Waals surface area contributed by atoms with Gasteiger partial charge in [0.1, 0.15) is 6.54 Å². The van der Waals surface area contributed by atoms with Gasteiger partial charge in [-0.25, -0.2) is 0 Å². The second-order valence-corrected chi connectivity index (χ2v) is 8.35. The van der Waals surface area contributed by atoms with Crippen molar-refractivity contribution in [2.24, 2.45) is 5.92 Å². The number of rotatable bonds is 6. The zero-order valence-corrected chi connectivity index (χ0v) is 20.1. The Morgan fingerprint density at radius 1 is 1.12 bits per heavy atom. The molecule has 2 amide bonds. The highest BCUT2D eigenvalue weighted by Crippen LogP contribution is 2.32. The molecule has 1 heterocycles. The van der Waals surface area contributed by atoms with Crippen LogP contribution in [0.1, 0.15) is 33.1 Å². The van der Waals surface area contributed by atoms with Crippen molar-refractivity contribution >= 4 is 46.7 Å². The van der Waals surface area contributed by atoms with Gasteiger partial charge in [0.05, 0.1) is 12.0 Å². The van der Waals surface area contributed by atoms with E-state index < -0.39 is 24.5 Å². The fourth-order valence-electron chi connectivity index (χ4n) is 3.81. The number of benzene rings is 2. The number of amides is 2. The molecule has 0 bridgehead atoms. The van der Waals surface area contributed by atoms with Gasteiger partial charge in [-0.3, -0.25) is 14.4 Å². The number of nitrogens with zero attached hydrogens (tertiary/aromatic N) is 1. The van der Waals surface area contributed by atoms with Gasteiger partial charge in [-0.2, -0.15) is 4.39 Å². The number of likely N-dealkylation sites (tertiary alicyclic amines) is 1. The molecule has 1 N–H and O–H groups in total. The average Bonchev–Trinajstić information content (AvgIpc) is 2.77. The van der Waals surface area contributed by atoms with E-state index in [1.54, 1.807) is 31.2 Å². The fourth-order valence-corrected chi connectivity index (χ4v) is 4.14. The smallest absolute Gasteiger partial charge is 0.320 e. The summed E-state index contributed by atoms with van der Waals surface area (Å²) in [6.07, 6.45) is 2.84. The number of halogens is 3. The Balaban J connectivity index is 0.000000468. The summed E-state index contributed by atoms with van der Waals surface area (Å²) in [5.41, 5.74) is 1.37. The zero-order valence-electron chi connectivity index (χ0n) is 18.6. The van der Waals surface area contributed by atoms with Crippen molar-refractivity contribution < 1.29 is 18.8 Å². The van der Waals surface area contributed by atoms with Crippen LogP contribution in [-0.4, -0.2) is 35.3 Å². The minimum atomic E-state index is -1.59. The first-order valence-electron chi connectivity index (χ1n) is 10.7. The van der Waals surface area contributed by atoms with E-state index in [1.807, 2.05) is 43.3 Å². The van der Waals surface area contributed by atoms with E-state index in [1.165, 1.54) is 4.90 Å². The first-order valence-corrected chi connectivity index (χ1v) is 11.4. The van der Waals surface area contributed by atoms with Gasteiger partial charge in [-0.05, 0) is 50.1 Å². The summed E-state index contributed by atoms with van der Waals surface area (Å²) >= 11 is 11.5. The highest BCUT2D eigenvalue weighted by atomic mass is 35.5. The van der Waals surface area contributed by atoms with E-state index in [9.17, 15) is 18.8 Å². The lowest BCUT2D eigenvalue weighted by molar-refractivity contribution is -0.146. The van der Waals surface area contributed by atoms with Gasteiger partial charge in [-0.15, -0.1) is 0 Å². The minimum Gasteiger partial charge on any atom is -0.326 e. The van der Waals surface area contributed by atoms with Crippen LogP contribution in [0, 0.1) is 5.92 Å². The predicted molar refractivity (Wildman–Crippen MR) is 130 cm³/mol. The molecule has 0 saturated carbocycles. The fraction of sp³-hybridized carbons (Fsp3) is 0.320. The first kappa shape index (κ1) is 26.6. The number of carbonyl (C=O) groups excluding carboxylic acids is 3. The van der Waals surface area contributed by atoms with Crippen molar-refractivity contribution in [3.8, 4) is 0 Å². The molecular weight excluding hydrogens is 466 g/mol. The maximum Gasteiger partial charge on any atom is 0.320 e. The lowest BCUT2D eigenvalue weighted by Crippen LogP contribution is -2.54. The summed E-state index contributed by atoms with van der Waals surface area (Å²) in [6.45, 7) is 3.07. The second kappa shape index (κ2) is 13.1. The van der Waals surface area contributed by atoms with Crippen LogP contribution in [0.15, 0.2) is 66.2 Å². The summed E-state index contributed by atoms with van der Waals surface area (Å²) in [5, 5.41) is 4.09. The normalized spacial score (nSPS) is 18.3. The van der Waals surface area contributed by atoms with Gasteiger partial charge >= 0.3 is 6.04 Å². The number of anilines is 1. The lowest BCUT2D eigenvalue weighted by atomic mass is 9.82. The third-order valence-electron chi connectivity index (χ3n) is 5.32. The highest BCUT2D eigenvalue weighted by molar-refractivity contribution is 6.31. The molecular formula is C25H27Cl2FN2O3. The molecule has 0 aromatic heterocycles. The summed E-state index contributed by atoms with van der Waals surface area (Å²) in [4.78, 5) is 37.3. The summed E-state index contributed by atoms with van der Waals surface area (Å²) in [7, 11) is 0. The van der Waals surface area contributed by atoms with Gasteiger partial charge in [0.15, 0.2) is 0 Å². The first-order chi connectivity index (χ1) is 15.8. The number of allylic oxidation sites excluding steroid dienone is 1. The largest absolute Gasteiger partial charge is 0.326 e. The molecule has 0 spiro atoms. The van der Waals surface area contributed by atoms with Crippen LogP contribution < -0.4 is 5.32 Å². The van der Waals surface area contributed by atoms with Crippen LogP contribution >= 0.6 is 23.2 Å². The van der Waals surface area contributed by atoms with Gasteiger partial charge in [0.2, 0.25) is 11.8 Å². The van der Waals surface area contributed by atoms with Crippen molar-refractivity contribution in [3.63, 3.8) is 0 Å². The molecule has 0 aliphatic carbocycles. The Bertz CT molecular complexity index is 998. The molecule has 0 radical (unpaired) electrons. The zero-order chi connectivity index (χ0) is 24.4. The lowest BCUT2D eigenvalue weighted by Gasteiger charge is -2.41. The Morgan fingerprint density at radius 3 is 2.30 bits per heavy atom. The Hall–Kier alpha value is -2.70. The van der Waals surface area contributed by atoms with E-state index in [2.05, 4.69) is 5.32 Å². The van der Waals surface area contributed by atoms with Crippen molar-refractivity contribution in [1.29, 1.82) is 0 Å². The van der Waals surface area contributed by atoms with E-state index >= 15 is 0 Å². The van der Waals surface area contributed by atoms with E-state index in [-0.39, 0.29) is 18.2 Å². The Morgan fingerprint density at radius 2 is 1.79 bits per heavy atom. The van der Waals surface area contributed by atoms with Crippen LogP contribution in [0.4, 0.5) is 10.1 Å². The molecule has 5 nitrogen and oxygen atoms in total. The second-order valence-electron chi connectivity index (χ2n) is 7.48. The highest BCUT2D eigenvalue weighted by Gasteiger charge is 2.41. The quantitative estimate of drug-likeness (QED) is 0.392. The summed E-state index contributed by atoms with van der Waals surface area (Å²) in [5.74, 6) is -1.17. The molecule has 1 aliphatic heterocycles. The number of piperidine rings is 1. The van der Waals surface area contributed by atoms with Crippen molar-refractivity contribution in [2.45, 2.75) is 39.2 Å². The Labute approximate surface area is 203 Å². The molecule has 2 aromatic rings. The van der Waals surface area contributed by atoms with Crippen LogP contribution in [0.5, 0.6) is 0 Å². The van der Waals surface area contributed by atoms with Crippen molar-refractivity contribution in [1.82, 2.24) is 4.90 Å². The topological polar surface area (TPSA) is 66.5 Å². The van der Waals surface area contributed by atoms with Crippen LogP contribution in [-0.2, 0) is 14.4 Å². The Kier molecular flexibility index (Phi) is 10.6. The molecule has 1 saturated heterocycles.